The Balaban J connectivity index is 3.24. The minimum Gasteiger partial charge on any atom is -0.385 e. The van der Waals surface area contributed by atoms with E-state index in [-0.39, 0.29) is 17.5 Å². The molecule has 0 aliphatic carbocycles. The van der Waals surface area contributed by atoms with Crippen LogP contribution in [-0.4, -0.2) is 9.55 Å². The third-order valence-corrected chi connectivity index (χ3v) is 1.50. The van der Waals surface area contributed by atoms with E-state index >= 15 is 0 Å². The Hall–Kier alpha value is -1.36. The van der Waals surface area contributed by atoms with Gasteiger partial charge < -0.3 is 9.40 Å². The summed E-state index contributed by atoms with van der Waals surface area (Å²) < 4.78 is 1.50. The van der Waals surface area contributed by atoms with E-state index in [4.69, 9.17) is 5.90 Å². The maximum Gasteiger partial charge on any atom is 0.315 e. The molecule has 0 saturated heterocycles. The Morgan fingerprint density at radius 3 is 2.83 bits per heavy atom. The van der Waals surface area contributed by atoms with Gasteiger partial charge in [0.15, 0.2) is 0 Å². The maximum atomic E-state index is 11.3. The molecule has 0 radical (unpaired) electrons. The van der Waals surface area contributed by atoms with E-state index in [2.05, 4.69) is 9.82 Å². The van der Waals surface area contributed by atoms with Gasteiger partial charge in [0.2, 0.25) is 0 Å². The van der Waals surface area contributed by atoms with Gasteiger partial charge in [-0.15, -0.1) is 0 Å². The third-order valence-electron chi connectivity index (χ3n) is 1.50. The largest absolute Gasteiger partial charge is 0.385 e. The van der Waals surface area contributed by atoms with Gasteiger partial charge in [-0.05, 0) is 13.8 Å². The van der Waals surface area contributed by atoms with E-state index in [1.807, 2.05) is 13.8 Å². The molecule has 1 aromatic rings. The van der Waals surface area contributed by atoms with Crippen molar-refractivity contribution in [1.29, 1.82) is 0 Å². The highest BCUT2D eigenvalue weighted by molar-refractivity contribution is 5.04. The number of hydrogen-bond acceptors (Lipinski definition) is 4. The fourth-order valence-corrected chi connectivity index (χ4v) is 0.894. The van der Waals surface area contributed by atoms with Crippen LogP contribution in [0.25, 0.3) is 0 Å². The first-order valence-electron chi connectivity index (χ1n) is 3.60. The summed E-state index contributed by atoms with van der Waals surface area (Å²) in [5.41, 5.74) is -0.310. The van der Waals surface area contributed by atoms with Gasteiger partial charge in [-0.2, -0.15) is 5.90 Å². The SMILES string of the molecule is CC(C)n1ccnc(ON)c1=O. The van der Waals surface area contributed by atoms with E-state index in [1.54, 1.807) is 6.20 Å². The van der Waals surface area contributed by atoms with Crippen molar-refractivity contribution in [2.45, 2.75) is 19.9 Å². The van der Waals surface area contributed by atoms with Gasteiger partial charge in [-0.3, -0.25) is 4.79 Å². The van der Waals surface area contributed by atoms with E-state index in [0.29, 0.717) is 0 Å². The van der Waals surface area contributed by atoms with Crippen LogP contribution < -0.4 is 16.3 Å². The van der Waals surface area contributed by atoms with E-state index in [0.717, 1.165) is 0 Å². The second kappa shape index (κ2) is 3.36. The summed E-state index contributed by atoms with van der Waals surface area (Å²) in [5, 5.41) is 0. The highest BCUT2D eigenvalue weighted by Crippen LogP contribution is 2.01. The second-order valence-corrected chi connectivity index (χ2v) is 2.66. The quantitative estimate of drug-likeness (QED) is 0.636. The Labute approximate surface area is 69.7 Å². The minimum absolute atomic E-state index is 0.0776. The standard InChI is InChI=1S/C7H11N3O2/c1-5(2)10-4-3-9-6(12-8)7(10)11/h3-5H,8H2,1-2H3. The number of nitrogens with zero attached hydrogens (tertiary/aromatic N) is 2. The Morgan fingerprint density at radius 2 is 2.33 bits per heavy atom. The van der Waals surface area contributed by atoms with Gasteiger partial charge in [0.05, 0.1) is 0 Å². The van der Waals surface area contributed by atoms with Crippen LogP contribution in [0.3, 0.4) is 0 Å². The first kappa shape index (κ1) is 8.73. The summed E-state index contributed by atoms with van der Waals surface area (Å²) in [6.45, 7) is 3.78. The summed E-state index contributed by atoms with van der Waals surface area (Å²) in [6, 6.07) is 0.0781. The van der Waals surface area contributed by atoms with Crippen molar-refractivity contribution in [3.8, 4) is 5.88 Å². The summed E-state index contributed by atoms with van der Waals surface area (Å²) in [7, 11) is 0. The zero-order valence-corrected chi connectivity index (χ0v) is 7.02. The molecule has 5 nitrogen and oxygen atoms in total. The summed E-state index contributed by atoms with van der Waals surface area (Å²) in [4.78, 5) is 19.3. The molecule has 0 aliphatic heterocycles. The zero-order valence-electron chi connectivity index (χ0n) is 7.02. The third kappa shape index (κ3) is 1.45. The minimum atomic E-state index is -0.310. The predicted octanol–water partition coefficient (Wildman–Crippen LogP) is 0.0767. The van der Waals surface area contributed by atoms with Crippen molar-refractivity contribution >= 4 is 0 Å². The van der Waals surface area contributed by atoms with Crippen LogP contribution in [0.1, 0.15) is 19.9 Å². The molecule has 1 rings (SSSR count). The Bertz CT molecular complexity index is 319. The number of aromatic nitrogens is 2. The molecule has 0 atom stereocenters. The lowest BCUT2D eigenvalue weighted by Crippen LogP contribution is -2.25. The van der Waals surface area contributed by atoms with Crippen LogP contribution in [0.2, 0.25) is 0 Å². The Kier molecular flexibility index (Phi) is 2.44. The van der Waals surface area contributed by atoms with Crippen molar-refractivity contribution in [1.82, 2.24) is 9.55 Å². The van der Waals surface area contributed by atoms with Crippen LogP contribution in [0, 0.1) is 0 Å². The monoisotopic (exact) mass is 169 g/mol. The van der Waals surface area contributed by atoms with Crippen molar-refractivity contribution < 1.29 is 4.84 Å². The molecular weight excluding hydrogens is 158 g/mol. The molecule has 5 heteroatoms. The molecular formula is C7H11N3O2. The molecule has 0 fully saturated rings. The molecule has 0 bridgehead atoms. The predicted molar refractivity (Wildman–Crippen MR) is 43.7 cm³/mol. The summed E-state index contributed by atoms with van der Waals surface area (Å²) in [6.07, 6.45) is 3.07. The summed E-state index contributed by atoms with van der Waals surface area (Å²) in [5.74, 6) is 4.77. The van der Waals surface area contributed by atoms with Crippen LogP contribution in [0.15, 0.2) is 17.2 Å². The molecule has 0 aliphatic rings. The molecule has 1 aromatic heterocycles. The fourth-order valence-electron chi connectivity index (χ4n) is 0.894. The normalized spacial score (nSPS) is 10.3. The van der Waals surface area contributed by atoms with Crippen LogP contribution in [0.5, 0.6) is 5.88 Å². The molecule has 0 spiro atoms. The van der Waals surface area contributed by atoms with Gasteiger partial charge in [0.25, 0.3) is 0 Å². The fraction of sp³-hybridized carbons (Fsp3) is 0.429. The average molecular weight is 169 g/mol. The molecule has 1 heterocycles. The van der Waals surface area contributed by atoms with Crippen LogP contribution in [-0.2, 0) is 0 Å². The smallest absolute Gasteiger partial charge is 0.315 e. The highest BCUT2D eigenvalue weighted by Gasteiger charge is 2.06. The molecule has 0 amide bonds. The lowest BCUT2D eigenvalue weighted by Gasteiger charge is -2.08. The number of hydrogen-bond donors (Lipinski definition) is 1. The van der Waals surface area contributed by atoms with Crippen LogP contribution >= 0.6 is 0 Å². The van der Waals surface area contributed by atoms with E-state index < -0.39 is 0 Å². The van der Waals surface area contributed by atoms with Gasteiger partial charge >= 0.3 is 11.4 Å². The van der Waals surface area contributed by atoms with Crippen molar-refractivity contribution in [2.75, 3.05) is 0 Å². The molecule has 0 saturated carbocycles. The maximum absolute atomic E-state index is 11.3. The number of rotatable bonds is 2. The molecule has 0 aromatic carbocycles. The second-order valence-electron chi connectivity index (χ2n) is 2.66. The van der Waals surface area contributed by atoms with Crippen molar-refractivity contribution in [3.63, 3.8) is 0 Å². The first-order valence-corrected chi connectivity index (χ1v) is 3.60. The van der Waals surface area contributed by atoms with Gasteiger partial charge in [-0.25, -0.2) is 4.98 Å². The molecule has 12 heavy (non-hydrogen) atoms. The van der Waals surface area contributed by atoms with Crippen molar-refractivity contribution in [2.24, 2.45) is 5.90 Å². The van der Waals surface area contributed by atoms with Gasteiger partial charge in [-0.1, -0.05) is 0 Å². The van der Waals surface area contributed by atoms with E-state index in [1.165, 1.54) is 10.8 Å². The lowest BCUT2D eigenvalue weighted by atomic mass is 10.4. The van der Waals surface area contributed by atoms with Gasteiger partial charge in [0.1, 0.15) is 0 Å². The zero-order chi connectivity index (χ0) is 9.14. The summed E-state index contributed by atoms with van der Waals surface area (Å²) >= 11 is 0. The Morgan fingerprint density at radius 1 is 1.67 bits per heavy atom. The average Bonchev–Trinajstić information content (AvgIpc) is 2.04. The molecule has 0 unspecified atom stereocenters. The van der Waals surface area contributed by atoms with E-state index in [9.17, 15) is 4.79 Å². The first-order chi connectivity index (χ1) is 5.66. The molecule has 2 N–H and O–H groups in total. The van der Waals surface area contributed by atoms with Crippen molar-refractivity contribution in [3.05, 3.63) is 22.7 Å². The highest BCUT2D eigenvalue weighted by atomic mass is 16.6. The topological polar surface area (TPSA) is 70.1 Å². The molecule has 66 valence electrons. The van der Waals surface area contributed by atoms with Crippen LogP contribution in [0.4, 0.5) is 0 Å². The van der Waals surface area contributed by atoms with Gasteiger partial charge in [0, 0.05) is 18.4 Å². The number of nitrogens with two attached hydrogens (primary N) is 1. The lowest BCUT2D eigenvalue weighted by molar-refractivity contribution is 0.309.